The van der Waals surface area contributed by atoms with Crippen molar-refractivity contribution in [2.75, 3.05) is 0 Å². The standard InChI is InChI=1S/C22H15FN2O3S2/c23-17-10-6-14(7-11-17)19-21(16-8-12-18(13-9-16)30(24,27)28)29-22(25-19)20(26)15-4-2-1-3-5-15/h1-13H,(H2,24,27,28). The number of nitrogens with two attached hydrogens (primary N) is 1. The molecule has 150 valence electrons. The van der Waals surface area contributed by atoms with Crippen LogP contribution in [0.25, 0.3) is 21.7 Å². The highest BCUT2D eigenvalue weighted by atomic mass is 32.2. The van der Waals surface area contributed by atoms with Crippen LogP contribution in [0.4, 0.5) is 4.39 Å². The number of primary sulfonamides is 1. The van der Waals surface area contributed by atoms with E-state index in [0.29, 0.717) is 27.3 Å². The molecule has 2 N–H and O–H groups in total. The molecule has 0 atom stereocenters. The minimum Gasteiger partial charge on any atom is -0.286 e. The van der Waals surface area contributed by atoms with Gasteiger partial charge in [0.1, 0.15) is 5.82 Å². The van der Waals surface area contributed by atoms with E-state index >= 15 is 0 Å². The number of hydrogen-bond donors (Lipinski definition) is 1. The van der Waals surface area contributed by atoms with E-state index in [0.717, 1.165) is 0 Å². The normalized spacial score (nSPS) is 11.4. The second-order valence-electron chi connectivity index (χ2n) is 6.47. The molecule has 8 heteroatoms. The van der Waals surface area contributed by atoms with E-state index in [-0.39, 0.29) is 21.5 Å². The lowest BCUT2D eigenvalue weighted by Crippen LogP contribution is -2.11. The zero-order chi connectivity index (χ0) is 21.3. The molecule has 0 aliphatic carbocycles. The highest BCUT2D eigenvalue weighted by molar-refractivity contribution is 7.89. The van der Waals surface area contributed by atoms with Crippen LogP contribution < -0.4 is 5.14 Å². The van der Waals surface area contributed by atoms with E-state index < -0.39 is 10.0 Å². The zero-order valence-electron chi connectivity index (χ0n) is 15.4. The van der Waals surface area contributed by atoms with Gasteiger partial charge in [0.05, 0.1) is 15.5 Å². The number of carbonyl (C=O) groups is 1. The molecule has 30 heavy (non-hydrogen) atoms. The molecule has 0 spiro atoms. The number of rotatable bonds is 5. The number of ketones is 1. The average Bonchev–Trinajstić information content (AvgIpc) is 3.19. The predicted octanol–water partition coefficient (Wildman–Crippen LogP) is 4.49. The van der Waals surface area contributed by atoms with Gasteiger partial charge in [-0.05, 0) is 42.0 Å². The summed E-state index contributed by atoms with van der Waals surface area (Å²) < 4.78 is 36.5. The number of halogens is 1. The van der Waals surface area contributed by atoms with Gasteiger partial charge in [-0.2, -0.15) is 0 Å². The van der Waals surface area contributed by atoms with Crippen molar-refractivity contribution in [3.8, 4) is 21.7 Å². The van der Waals surface area contributed by atoms with Crippen molar-refractivity contribution in [3.05, 3.63) is 95.3 Å². The molecule has 3 aromatic carbocycles. The van der Waals surface area contributed by atoms with Crippen molar-refractivity contribution in [3.63, 3.8) is 0 Å². The summed E-state index contributed by atoms with van der Waals surface area (Å²) in [6.45, 7) is 0. The number of aromatic nitrogens is 1. The van der Waals surface area contributed by atoms with Crippen LogP contribution in [0.2, 0.25) is 0 Å². The number of thiazole rings is 1. The minimum absolute atomic E-state index is 0.0142. The molecule has 1 aromatic heterocycles. The first-order valence-electron chi connectivity index (χ1n) is 8.83. The molecule has 0 bridgehead atoms. The Bertz CT molecular complexity index is 1320. The molecular formula is C22H15FN2O3S2. The number of benzene rings is 3. The molecule has 0 saturated carbocycles. The summed E-state index contributed by atoms with van der Waals surface area (Å²) in [5.74, 6) is -0.606. The average molecular weight is 439 g/mol. The summed E-state index contributed by atoms with van der Waals surface area (Å²) in [5.41, 5.74) is 2.34. The smallest absolute Gasteiger partial charge is 0.238 e. The Kier molecular flexibility index (Phi) is 5.29. The van der Waals surface area contributed by atoms with Crippen LogP contribution in [-0.4, -0.2) is 19.2 Å². The zero-order valence-corrected chi connectivity index (χ0v) is 17.1. The van der Waals surface area contributed by atoms with E-state index in [4.69, 9.17) is 5.14 Å². The highest BCUT2D eigenvalue weighted by Gasteiger charge is 2.21. The molecule has 0 fully saturated rings. The number of sulfonamides is 1. The number of carbonyl (C=O) groups excluding carboxylic acids is 1. The summed E-state index contributed by atoms with van der Waals surface area (Å²) >= 11 is 1.19. The van der Waals surface area contributed by atoms with Gasteiger partial charge in [-0.1, -0.05) is 42.5 Å². The third kappa shape index (κ3) is 4.06. The molecule has 0 saturated heterocycles. The summed E-state index contributed by atoms with van der Waals surface area (Å²) in [6.07, 6.45) is 0. The monoisotopic (exact) mass is 438 g/mol. The van der Waals surface area contributed by atoms with Gasteiger partial charge in [-0.3, -0.25) is 4.79 Å². The fraction of sp³-hybridized carbons (Fsp3) is 0. The van der Waals surface area contributed by atoms with Gasteiger partial charge in [-0.25, -0.2) is 22.9 Å². The van der Waals surface area contributed by atoms with E-state index in [2.05, 4.69) is 4.98 Å². The Morgan fingerprint density at radius 1 is 0.867 bits per heavy atom. The van der Waals surface area contributed by atoms with Crippen molar-refractivity contribution in [1.29, 1.82) is 0 Å². The maximum absolute atomic E-state index is 13.4. The van der Waals surface area contributed by atoms with Crippen molar-refractivity contribution < 1.29 is 17.6 Å². The van der Waals surface area contributed by atoms with Gasteiger partial charge >= 0.3 is 0 Å². The van der Waals surface area contributed by atoms with E-state index in [1.807, 2.05) is 6.07 Å². The van der Waals surface area contributed by atoms with Crippen molar-refractivity contribution >= 4 is 27.1 Å². The van der Waals surface area contributed by atoms with Crippen molar-refractivity contribution in [1.82, 2.24) is 4.98 Å². The summed E-state index contributed by atoms with van der Waals surface area (Å²) in [7, 11) is -3.82. The van der Waals surface area contributed by atoms with Crippen LogP contribution in [0.1, 0.15) is 15.4 Å². The first-order valence-corrected chi connectivity index (χ1v) is 11.2. The van der Waals surface area contributed by atoms with Gasteiger partial charge in [0.15, 0.2) is 5.01 Å². The maximum Gasteiger partial charge on any atom is 0.238 e. The predicted molar refractivity (Wildman–Crippen MR) is 114 cm³/mol. The Hall–Kier alpha value is -3.20. The first kappa shape index (κ1) is 20.1. The molecule has 0 aliphatic heterocycles. The molecule has 0 aliphatic rings. The second kappa shape index (κ2) is 7.91. The third-order valence-corrected chi connectivity index (χ3v) is 6.45. The molecule has 1 heterocycles. The van der Waals surface area contributed by atoms with Crippen LogP contribution in [-0.2, 0) is 10.0 Å². The lowest BCUT2D eigenvalue weighted by Gasteiger charge is -2.04. The summed E-state index contributed by atoms with van der Waals surface area (Å²) in [5, 5.41) is 5.45. The molecule has 0 amide bonds. The first-order chi connectivity index (χ1) is 14.3. The van der Waals surface area contributed by atoms with Gasteiger partial charge in [0, 0.05) is 11.1 Å². The molecule has 4 aromatic rings. The van der Waals surface area contributed by atoms with Gasteiger partial charge in [0.2, 0.25) is 15.8 Å². The lowest BCUT2D eigenvalue weighted by molar-refractivity contribution is 0.103. The van der Waals surface area contributed by atoms with Gasteiger partial charge < -0.3 is 0 Å². The second-order valence-corrected chi connectivity index (χ2v) is 9.03. The van der Waals surface area contributed by atoms with Crippen LogP contribution in [0, 0.1) is 5.82 Å². The maximum atomic E-state index is 13.4. The minimum atomic E-state index is -3.82. The fourth-order valence-corrected chi connectivity index (χ4v) is 4.50. The number of nitrogens with zero attached hydrogens (tertiary/aromatic N) is 1. The van der Waals surface area contributed by atoms with Crippen LogP contribution >= 0.6 is 11.3 Å². The Labute approximate surface area is 176 Å². The van der Waals surface area contributed by atoms with Crippen molar-refractivity contribution in [2.24, 2.45) is 5.14 Å². The summed E-state index contributed by atoms with van der Waals surface area (Å²) in [4.78, 5) is 18.1. The SMILES string of the molecule is NS(=O)(=O)c1ccc(-c2sc(C(=O)c3ccccc3)nc2-c2ccc(F)cc2)cc1. The molecule has 5 nitrogen and oxygen atoms in total. The van der Waals surface area contributed by atoms with E-state index in [1.54, 1.807) is 48.5 Å². The lowest BCUT2D eigenvalue weighted by atomic mass is 10.1. The Morgan fingerprint density at radius 2 is 1.47 bits per heavy atom. The third-order valence-electron chi connectivity index (χ3n) is 4.42. The van der Waals surface area contributed by atoms with E-state index in [1.165, 1.54) is 35.6 Å². The van der Waals surface area contributed by atoms with Crippen LogP contribution in [0.15, 0.2) is 83.8 Å². The Balaban J connectivity index is 1.84. The fourth-order valence-electron chi connectivity index (χ4n) is 2.93. The topological polar surface area (TPSA) is 90.1 Å². The van der Waals surface area contributed by atoms with Gasteiger partial charge in [0.25, 0.3) is 0 Å². The summed E-state index contributed by atoms with van der Waals surface area (Å²) in [6, 6.07) is 20.6. The highest BCUT2D eigenvalue weighted by Crippen LogP contribution is 2.38. The molecule has 4 rings (SSSR count). The van der Waals surface area contributed by atoms with Crippen LogP contribution in [0.5, 0.6) is 0 Å². The molecule has 0 unspecified atom stereocenters. The molecular weight excluding hydrogens is 423 g/mol. The van der Waals surface area contributed by atoms with E-state index in [9.17, 15) is 17.6 Å². The number of hydrogen-bond acceptors (Lipinski definition) is 5. The molecule has 0 radical (unpaired) electrons. The Morgan fingerprint density at radius 3 is 2.07 bits per heavy atom. The van der Waals surface area contributed by atoms with Gasteiger partial charge in [-0.15, -0.1) is 11.3 Å². The quantitative estimate of drug-likeness (QED) is 0.465. The van der Waals surface area contributed by atoms with Crippen LogP contribution in [0.3, 0.4) is 0 Å². The largest absolute Gasteiger partial charge is 0.286 e. The van der Waals surface area contributed by atoms with Crippen molar-refractivity contribution in [2.45, 2.75) is 4.90 Å².